The second-order valence-corrected chi connectivity index (χ2v) is 5.91. The van der Waals surface area contributed by atoms with E-state index in [1.165, 1.54) is 17.8 Å². The molecule has 0 saturated heterocycles. The van der Waals surface area contributed by atoms with Crippen LogP contribution in [0, 0.1) is 12.7 Å². The fraction of sp³-hybridized carbons (Fsp3) is 0.312. The number of hydrogen-bond acceptors (Lipinski definition) is 4. The molecule has 0 spiro atoms. The number of anilines is 1. The molecule has 122 valence electrons. The lowest BCUT2D eigenvalue weighted by molar-refractivity contribution is -0.113. The fourth-order valence-corrected chi connectivity index (χ4v) is 2.80. The highest BCUT2D eigenvalue weighted by Crippen LogP contribution is 2.19. The molecule has 0 aliphatic carbocycles. The van der Waals surface area contributed by atoms with Gasteiger partial charge in [0.1, 0.15) is 11.6 Å². The van der Waals surface area contributed by atoms with Gasteiger partial charge in [-0.2, -0.15) is 0 Å². The van der Waals surface area contributed by atoms with E-state index < -0.39 is 5.82 Å². The average molecular weight is 334 g/mol. The van der Waals surface area contributed by atoms with Crippen LogP contribution in [0.25, 0.3) is 0 Å². The summed E-state index contributed by atoms with van der Waals surface area (Å²) >= 11 is 1.27. The number of carbonyl (C=O) groups is 1. The maximum absolute atomic E-state index is 13.7. The highest BCUT2D eigenvalue weighted by Gasteiger charge is 2.13. The molecule has 23 heavy (non-hydrogen) atoms. The number of aromatic nitrogens is 3. The summed E-state index contributed by atoms with van der Waals surface area (Å²) in [6.45, 7) is 8.09. The maximum atomic E-state index is 13.7. The van der Waals surface area contributed by atoms with Crippen LogP contribution in [0.15, 0.2) is 36.0 Å². The Bertz CT molecular complexity index is 714. The summed E-state index contributed by atoms with van der Waals surface area (Å²) in [4.78, 5) is 12.0. The molecule has 5 nitrogen and oxygen atoms in total. The molecule has 1 aromatic heterocycles. The molecule has 0 aliphatic rings. The zero-order chi connectivity index (χ0) is 16.8. The third-order valence-corrected chi connectivity index (χ3v) is 4.12. The minimum Gasteiger partial charge on any atom is -0.323 e. The van der Waals surface area contributed by atoms with Crippen molar-refractivity contribution in [2.75, 3.05) is 11.1 Å². The van der Waals surface area contributed by atoms with E-state index in [9.17, 15) is 9.18 Å². The summed E-state index contributed by atoms with van der Waals surface area (Å²) in [6.07, 6.45) is 2.51. The molecule has 0 aliphatic heterocycles. The summed E-state index contributed by atoms with van der Waals surface area (Å²) in [5, 5.41) is 11.4. The molecule has 1 amide bonds. The van der Waals surface area contributed by atoms with Crippen LogP contribution >= 0.6 is 11.8 Å². The summed E-state index contributed by atoms with van der Waals surface area (Å²) in [5.74, 6) is 0.250. The molecule has 2 rings (SSSR count). The van der Waals surface area contributed by atoms with E-state index in [0.29, 0.717) is 11.7 Å². The minimum atomic E-state index is -0.438. The van der Waals surface area contributed by atoms with Crippen molar-refractivity contribution < 1.29 is 9.18 Å². The topological polar surface area (TPSA) is 59.8 Å². The summed E-state index contributed by atoms with van der Waals surface area (Å²) in [7, 11) is 0. The quantitative estimate of drug-likeness (QED) is 0.624. The van der Waals surface area contributed by atoms with Gasteiger partial charge in [-0.1, -0.05) is 30.8 Å². The Morgan fingerprint density at radius 2 is 2.26 bits per heavy atom. The Morgan fingerprint density at radius 1 is 1.48 bits per heavy atom. The van der Waals surface area contributed by atoms with Crippen LogP contribution in [0.5, 0.6) is 0 Å². The van der Waals surface area contributed by atoms with Gasteiger partial charge >= 0.3 is 0 Å². The van der Waals surface area contributed by atoms with Crippen molar-refractivity contribution in [1.82, 2.24) is 14.8 Å². The molecular weight excluding hydrogens is 315 g/mol. The Morgan fingerprint density at radius 3 is 2.91 bits per heavy atom. The van der Waals surface area contributed by atoms with Crippen molar-refractivity contribution in [2.24, 2.45) is 0 Å². The van der Waals surface area contributed by atoms with Crippen molar-refractivity contribution >= 4 is 23.4 Å². The van der Waals surface area contributed by atoms with Crippen LogP contribution in [0.3, 0.4) is 0 Å². The Labute approximate surface area is 139 Å². The van der Waals surface area contributed by atoms with Gasteiger partial charge in [-0.3, -0.25) is 4.79 Å². The lowest BCUT2D eigenvalue weighted by Crippen LogP contribution is -2.15. The maximum Gasteiger partial charge on any atom is 0.234 e. The molecule has 0 atom stereocenters. The summed E-state index contributed by atoms with van der Waals surface area (Å²) < 4.78 is 15.6. The SMILES string of the molecule is C=CCn1c(CC)nnc1SCC(=O)Nc1ccc(C)cc1F. The van der Waals surface area contributed by atoms with Gasteiger partial charge < -0.3 is 9.88 Å². The van der Waals surface area contributed by atoms with Crippen molar-refractivity contribution in [3.05, 3.63) is 48.1 Å². The van der Waals surface area contributed by atoms with Crippen LogP contribution in [0.2, 0.25) is 0 Å². The normalized spacial score (nSPS) is 10.6. The zero-order valence-corrected chi connectivity index (χ0v) is 14.0. The number of rotatable bonds is 7. The molecule has 0 fully saturated rings. The van der Waals surface area contributed by atoms with E-state index in [-0.39, 0.29) is 17.3 Å². The number of amides is 1. The molecule has 0 radical (unpaired) electrons. The molecule has 1 heterocycles. The molecular formula is C16H19FN4OS. The molecule has 7 heteroatoms. The smallest absolute Gasteiger partial charge is 0.234 e. The van der Waals surface area contributed by atoms with Gasteiger partial charge in [0, 0.05) is 13.0 Å². The van der Waals surface area contributed by atoms with E-state index in [1.807, 2.05) is 11.5 Å². The van der Waals surface area contributed by atoms with Gasteiger partial charge in [-0.15, -0.1) is 16.8 Å². The number of thioether (sulfide) groups is 1. The first-order chi connectivity index (χ1) is 11.0. The van der Waals surface area contributed by atoms with Crippen LogP contribution in [0.1, 0.15) is 18.3 Å². The zero-order valence-electron chi connectivity index (χ0n) is 13.2. The average Bonchev–Trinajstić information content (AvgIpc) is 2.90. The van der Waals surface area contributed by atoms with Gasteiger partial charge in [0.25, 0.3) is 0 Å². The number of hydrogen-bond donors (Lipinski definition) is 1. The van der Waals surface area contributed by atoms with Crippen LogP contribution in [-0.4, -0.2) is 26.4 Å². The minimum absolute atomic E-state index is 0.131. The number of benzene rings is 1. The largest absolute Gasteiger partial charge is 0.323 e. The van der Waals surface area contributed by atoms with Crippen LogP contribution in [-0.2, 0) is 17.8 Å². The molecule has 0 bridgehead atoms. The van der Waals surface area contributed by atoms with E-state index in [4.69, 9.17) is 0 Å². The summed E-state index contributed by atoms with van der Waals surface area (Å²) in [6, 6.07) is 4.69. The predicted octanol–water partition coefficient (Wildman–Crippen LogP) is 3.20. The van der Waals surface area contributed by atoms with E-state index in [1.54, 1.807) is 25.1 Å². The van der Waals surface area contributed by atoms with Crippen molar-refractivity contribution in [2.45, 2.75) is 32.0 Å². The highest BCUT2D eigenvalue weighted by molar-refractivity contribution is 7.99. The number of carbonyl (C=O) groups excluding carboxylic acids is 1. The first-order valence-corrected chi connectivity index (χ1v) is 8.25. The highest BCUT2D eigenvalue weighted by atomic mass is 32.2. The third kappa shape index (κ3) is 4.41. The van der Waals surface area contributed by atoms with Crippen LogP contribution in [0.4, 0.5) is 10.1 Å². The number of nitrogens with zero attached hydrogens (tertiary/aromatic N) is 3. The second kappa shape index (κ2) is 7.92. The van der Waals surface area contributed by atoms with E-state index in [0.717, 1.165) is 17.8 Å². The van der Waals surface area contributed by atoms with Gasteiger partial charge in [0.15, 0.2) is 5.16 Å². The van der Waals surface area contributed by atoms with Crippen molar-refractivity contribution in [1.29, 1.82) is 0 Å². The molecule has 0 saturated carbocycles. The Kier molecular flexibility index (Phi) is 5.92. The summed E-state index contributed by atoms with van der Waals surface area (Å²) in [5.41, 5.74) is 0.988. The number of aryl methyl sites for hydroxylation is 2. The van der Waals surface area contributed by atoms with Gasteiger partial charge in [0.2, 0.25) is 5.91 Å². The lowest BCUT2D eigenvalue weighted by atomic mass is 10.2. The first kappa shape index (κ1) is 17.2. The monoisotopic (exact) mass is 334 g/mol. The molecule has 1 N–H and O–H groups in total. The number of halogens is 1. The second-order valence-electron chi connectivity index (χ2n) is 4.97. The molecule has 2 aromatic rings. The lowest BCUT2D eigenvalue weighted by Gasteiger charge is -2.08. The number of nitrogens with one attached hydrogen (secondary N) is 1. The molecule has 0 unspecified atom stereocenters. The van der Waals surface area contributed by atoms with E-state index in [2.05, 4.69) is 22.1 Å². The third-order valence-electron chi connectivity index (χ3n) is 3.15. The molecule has 1 aromatic carbocycles. The Balaban J connectivity index is 1.99. The number of allylic oxidation sites excluding steroid dienone is 1. The standard InChI is InChI=1S/C16H19FN4OS/c1-4-8-21-14(5-2)19-20-16(21)23-10-15(22)18-13-7-6-11(3)9-12(13)17/h4,6-7,9H,1,5,8,10H2,2-3H3,(H,18,22). The van der Waals surface area contributed by atoms with E-state index >= 15 is 0 Å². The Hall–Kier alpha value is -2.15. The van der Waals surface area contributed by atoms with Crippen molar-refractivity contribution in [3.8, 4) is 0 Å². The van der Waals surface area contributed by atoms with Crippen LogP contribution < -0.4 is 5.32 Å². The van der Waals surface area contributed by atoms with Gasteiger partial charge in [-0.25, -0.2) is 4.39 Å². The van der Waals surface area contributed by atoms with Gasteiger partial charge in [0.05, 0.1) is 11.4 Å². The predicted molar refractivity (Wildman–Crippen MR) is 90.1 cm³/mol. The van der Waals surface area contributed by atoms with Gasteiger partial charge in [-0.05, 0) is 24.6 Å². The fourth-order valence-electron chi connectivity index (χ4n) is 2.04. The van der Waals surface area contributed by atoms with Crippen molar-refractivity contribution in [3.63, 3.8) is 0 Å². The first-order valence-electron chi connectivity index (χ1n) is 7.27.